The molecule has 0 aromatic heterocycles. The van der Waals surface area contributed by atoms with Gasteiger partial charge in [-0.25, -0.2) is 0 Å². The maximum Gasteiger partial charge on any atom is 0.311 e. The van der Waals surface area contributed by atoms with Crippen LogP contribution in [-0.4, -0.2) is 54.6 Å². The zero-order valence-electron chi connectivity index (χ0n) is 22.1. The Kier molecular flexibility index (Phi) is 6.94. The van der Waals surface area contributed by atoms with Gasteiger partial charge < -0.3 is 4.74 Å². The number of nitrogens with zero attached hydrogens (tertiary/aromatic N) is 2. The zero-order chi connectivity index (χ0) is 25.6. The van der Waals surface area contributed by atoms with Crippen molar-refractivity contribution >= 4 is 17.6 Å². The first kappa shape index (κ1) is 25.2. The van der Waals surface area contributed by atoms with Crippen LogP contribution < -0.4 is 0 Å². The normalized spacial score (nSPS) is 33.3. The first-order chi connectivity index (χ1) is 17.9. The Balaban J connectivity index is 1.15. The minimum atomic E-state index is -0.0380. The number of fused-ring (bicyclic) bond motifs is 2. The van der Waals surface area contributed by atoms with Crippen LogP contribution in [0.3, 0.4) is 0 Å². The summed E-state index contributed by atoms with van der Waals surface area (Å²) in [5, 5.41) is 0.766. The van der Waals surface area contributed by atoms with E-state index in [0.29, 0.717) is 5.92 Å². The van der Waals surface area contributed by atoms with E-state index in [1.54, 1.807) is 5.57 Å². The van der Waals surface area contributed by atoms with Gasteiger partial charge in [0.1, 0.15) is 6.10 Å². The smallest absolute Gasteiger partial charge is 0.311 e. The number of ether oxygens (including phenoxy) is 1. The van der Waals surface area contributed by atoms with Crippen LogP contribution in [0.5, 0.6) is 0 Å². The molecular weight excluding hydrogens is 480 g/mol. The van der Waals surface area contributed by atoms with E-state index in [9.17, 15) is 4.79 Å². The number of rotatable bonds is 5. The average molecular weight is 519 g/mol. The fraction of sp³-hybridized carbons (Fsp3) is 0.531. The van der Waals surface area contributed by atoms with E-state index in [1.165, 1.54) is 30.4 Å². The lowest BCUT2D eigenvalue weighted by molar-refractivity contribution is -0.145. The number of carbonyl (C=O) groups is 1. The van der Waals surface area contributed by atoms with E-state index in [0.717, 1.165) is 44.2 Å². The molecule has 196 valence electrons. The SMILES string of the molecule is CC1CCC[C@]2(C)CC3OC(=O)C(CN4CCN(C(c5ccccc5)c5ccc(Cl)cc5)CC4)C3C=C12. The number of piperazine rings is 1. The number of hydrogen-bond donors (Lipinski definition) is 0. The van der Waals surface area contributed by atoms with Crippen molar-refractivity contribution in [2.24, 2.45) is 23.2 Å². The molecule has 0 radical (unpaired) electrons. The average Bonchev–Trinajstić information content (AvgIpc) is 3.19. The lowest BCUT2D eigenvalue weighted by Crippen LogP contribution is -2.50. The summed E-state index contributed by atoms with van der Waals surface area (Å²) in [4.78, 5) is 18.1. The first-order valence-corrected chi connectivity index (χ1v) is 14.5. The molecule has 2 saturated heterocycles. The largest absolute Gasteiger partial charge is 0.461 e. The number of benzene rings is 2. The molecule has 0 N–H and O–H groups in total. The molecule has 2 heterocycles. The van der Waals surface area contributed by atoms with Crippen LogP contribution in [0.2, 0.25) is 5.02 Å². The third-order valence-corrected chi connectivity index (χ3v) is 9.86. The van der Waals surface area contributed by atoms with Gasteiger partial charge in [-0.05, 0) is 53.9 Å². The van der Waals surface area contributed by atoms with Gasteiger partial charge in [-0.1, -0.05) is 86.0 Å². The molecule has 0 bridgehead atoms. The molecule has 2 aromatic carbocycles. The topological polar surface area (TPSA) is 32.8 Å². The van der Waals surface area contributed by atoms with Gasteiger partial charge in [0.15, 0.2) is 0 Å². The summed E-state index contributed by atoms with van der Waals surface area (Å²) < 4.78 is 6.02. The summed E-state index contributed by atoms with van der Waals surface area (Å²) in [5.74, 6) is 0.846. The zero-order valence-corrected chi connectivity index (χ0v) is 22.9. The molecule has 2 aliphatic heterocycles. The minimum absolute atomic E-state index is 0.0208. The van der Waals surface area contributed by atoms with Crippen LogP contribution in [-0.2, 0) is 9.53 Å². The molecule has 2 aliphatic carbocycles. The summed E-state index contributed by atoms with van der Waals surface area (Å²) in [7, 11) is 0. The minimum Gasteiger partial charge on any atom is -0.461 e. The summed E-state index contributed by atoms with van der Waals surface area (Å²) in [6, 6.07) is 19.2. The van der Waals surface area contributed by atoms with Gasteiger partial charge in [-0.15, -0.1) is 0 Å². The highest BCUT2D eigenvalue weighted by Crippen LogP contribution is 2.54. The van der Waals surface area contributed by atoms with E-state index in [2.05, 4.69) is 72.2 Å². The maximum atomic E-state index is 13.1. The molecule has 2 aromatic rings. The Bertz CT molecular complexity index is 1140. The fourth-order valence-corrected chi connectivity index (χ4v) is 7.76. The maximum absolute atomic E-state index is 13.1. The van der Waals surface area contributed by atoms with E-state index >= 15 is 0 Å². The molecule has 4 nitrogen and oxygen atoms in total. The Morgan fingerprint density at radius 2 is 1.73 bits per heavy atom. The van der Waals surface area contributed by atoms with Crippen molar-refractivity contribution in [1.82, 2.24) is 9.80 Å². The second kappa shape index (κ2) is 10.2. The molecule has 1 saturated carbocycles. The number of hydrogen-bond acceptors (Lipinski definition) is 4. The summed E-state index contributed by atoms with van der Waals surface area (Å²) in [6.07, 6.45) is 7.33. The predicted octanol–water partition coefficient (Wildman–Crippen LogP) is 6.36. The van der Waals surface area contributed by atoms with Crippen LogP contribution in [0, 0.1) is 23.2 Å². The van der Waals surface area contributed by atoms with Crippen molar-refractivity contribution in [3.8, 4) is 0 Å². The van der Waals surface area contributed by atoms with Gasteiger partial charge in [0.25, 0.3) is 0 Å². The van der Waals surface area contributed by atoms with Gasteiger partial charge >= 0.3 is 5.97 Å². The summed E-state index contributed by atoms with van der Waals surface area (Å²) in [5.41, 5.74) is 4.39. The van der Waals surface area contributed by atoms with Crippen LogP contribution >= 0.6 is 11.6 Å². The molecule has 5 unspecified atom stereocenters. The summed E-state index contributed by atoms with van der Waals surface area (Å²) in [6.45, 7) is 9.43. The lowest BCUT2D eigenvalue weighted by Gasteiger charge is -2.46. The molecule has 4 aliphatic rings. The molecule has 0 amide bonds. The van der Waals surface area contributed by atoms with E-state index in [1.807, 2.05) is 12.1 Å². The monoisotopic (exact) mass is 518 g/mol. The van der Waals surface area contributed by atoms with E-state index < -0.39 is 0 Å². The summed E-state index contributed by atoms with van der Waals surface area (Å²) >= 11 is 6.20. The van der Waals surface area contributed by atoms with Crippen molar-refractivity contribution in [3.63, 3.8) is 0 Å². The third-order valence-electron chi connectivity index (χ3n) is 9.61. The standard InChI is InChI=1S/C32H39ClN2O2/c1-22-7-6-14-32(2)20-29-26(19-28(22)32)27(31(36)37-29)21-34-15-17-35(18-16-34)30(23-8-4-3-5-9-23)24-10-12-25(33)13-11-24/h3-5,8-13,19,22,26-27,29-30H,6-7,14-18,20-21H2,1-2H3/t22?,26?,27?,29?,30?,32-/m1/s1. The fourth-order valence-electron chi connectivity index (χ4n) is 7.64. The Hall–Kier alpha value is -2.14. The predicted molar refractivity (Wildman–Crippen MR) is 148 cm³/mol. The Morgan fingerprint density at radius 3 is 2.46 bits per heavy atom. The molecule has 5 heteroatoms. The number of halogens is 1. The first-order valence-electron chi connectivity index (χ1n) is 14.1. The van der Waals surface area contributed by atoms with Crippen LogP contribution in [0.25, 0.3) is 0 Å². The lowest BCUT2D eigenvalue weighted by atomic mass is 9.59. The third kappa shape index (κ3) is 4.89. The number of carbonyl (C=O) groups excluding carboxylic acids is 1. The number of allylic oxidation sites excluding steroid dienone is 1. The van der Waals surface area contributed by atoms with Crippen molar-refractivity contribution in [2.45, 2.75) is 51.7 Å². The highest BCUT2D eigenvalue weighted by molar-refractivity contribution is 6.30. The molecule has 37 heavy (non-hydrogen) atoms. The molecule has 0 spiro atoms. The van der Waals surface area contributed by atoms with E-state index in [-0.39, 0.29) is 35.4 Å². The van der Waals surface area contributed by atoms with Gasteiger partial charge in [0, 0.05) is 43.7 Å². The quantitative estimate of drug-likeness (QED) is 0.340. The van der Waals surface area contributed by atoms with Crippen LogP contribution in [0.15, 0.2) is 66.2 Å². The second-order valence-electron chi connectivity index (χ2n) is 12.0. The van der Waals surface area contributed by atoms with Crippen molar-refractivity contribution in [2.75, 3.05) is 32.7 Å². The van der Waals surface area contributed by atoms with Gasteiger partial charge in [-0.2, -0.15) is 0 Å². The van der Waals surface area contributed by atoms with Gasteiger partial charge in [-0.3, -0.25) is 14.6 Å². The Morgan fingerprint density at radius 1 is 1.03 bits per heavy atom. The molecular formula is C32H39ClN2O2. The van der Waals surface area contributed by atoms with Crippen LogP contribution in [0.4, 0.5) is 0 Å². The second-order valence-corrected chi connectivity index (χ2v) is 12.5. The van der Waals surface area contributed by atoms with Crippen molar-refractivity contribution < 1.29 is 9.53 Å². The molecule has 3 fully saturated rings. The van der Waals surface area contributed by atoms with Crippen LogP contribution in [0.1, 0.15) is 56.7 Å². The van der Waals surface area contributed by atoms with Crippen molar-refractivity contribution in [3.05, 3.63) is 82.4 Å². The molecule has 6 rings (SSSR count). The Labute approximate surface area is 226 Å². The van der Waals surface area contributed by atoms with Gasteiger partial charge in [0.05, 0.1) is 12.0 Å². The van der Waals surface area contributed by atoms with Crippen molar-refractivity contribution in [1.29, 1.82) is 0 Å². The molecule has 6 atom stereocenters. The van der Waals surface area contributed by atoms with Gasteiger partial charge in [0.2, 0.25) is 0 Å². The highest BCUT2D eigenvalue weighted by atomic mass is 35.5. The van der Waals surface area contributed by atoms with E-state index in [4.69, 9.17) is 16.3 Å². The number of esters is 1. The highest BCUT2D eigenvalue weighted by Gasteiger charge is 2.52.